The molecule has 0 unspecified atom stereocenters. The van der Waals surface area contributed by atoms with Gasteiger partial charge in [-0.25, -0.2) is 0 Å². The minimum absolute atomic E-state index is 0.00272. The molecule has 0 bridgehead atoms. The van der Waals surface area contributed by atoms with Crippen molar-refractivity contribution in [2.45, 2.75) is 76.4 Å². The number of hydrogen-bond acceptors (Lipinski definition) is 6. The summed E-state index contributed by atoms with van der Waals surface area (Å²) < 4.78 is 18.7. The third-order valence-electron chi connectivity index (χ3n) is 9.62. The van der Waals surface area contributed by atoms with Gasteiger partial charge in [-0.2, -0.15) is 0 Å². The number of carbonyl (C=O) groups excluding carboxylic acids is 1. The first kappa shape index (κ1) is 34.9. The Balaban J connectivity index is 1.41. The Labute approximate surface area is 288 Å². The lowest BCUT2D eigenvalue weighted by molar-refractivity contribution is -0.119. The number of methoxy groups -OCH3 is 1. The van der Waals surface area contributed by atoms with Crippen LogP contribution in [0.1, 0.15) is 44.7 Å². The molecular formula is C35H43Cl3N2O5Si. The lowest BCUT2D eigenvalue weighted by Crippen LogP contribution is -2.63. The van der Waals surface area contributed by atoms with Crippen molar-refractivity contribution in [2.75, 3.05) is 36.6 Å². The van der Waals surface area contributed by atoms with Crippen LogP contribution in [0.2, 0.25) is 33.2 Å². The van der Waals surface area contributed by atoms with Crippen molar-refractivity contribution in [2.24, 2.45) is 0 Å². The molecule has 3 aromatic rings. The number of carbonyl (C=O) groups is 1. The summed E-state index contributed by atoms with van der Waals surface area (Å²) in [4.78, 5) is 17.1. The number of piperidine rings is 1. The molecule has 2 atom stereocenters. The first-order valence-electron chi connectivity index (χ1n) is 15.6. The van der Waals surface area contributed by atoms with E-state index in [1.807, 2.05) is 42.5 Å². The quantitative estimate of drug-likeness (QED) is 0.225. The lowest BCUT2D eigenvalue weighted by Gasteiger charge is -2.49. The fourth-order valence-corrected chi connectivity index (χ4v) is 7.95. The smallest absolute Gasteiger partial charge is 0.227 e. The van der Waals surface area contributed by atoms with Gasteiger partial charge >= 0.3 is 0 Å². The van der Waals surface area contributed by atoms with Crippen molar-refractivity contribution < 1.29 is 23.8 Å². The van der Waals surface area contributed by atoms with Gasteiger partial charge in [-0.3, -0.25) is 4.79 Å². The Bertz CT molecular complexity index is 1580. The standard InChI is InChI=1S/C35H43Cl3N2O5Si/c1-34(2,3)46(5,6)45-31-21-39(29-14-9-24(36)19-28(29)38)18-17-35(31,42)22-44-30-15-13-27(37)33-26(30)12-16-32(41)40(33)20-23-7-10-25(43-4)11-8-23/h7-11,13-15,19,31,42H,12,16-18,20-22H2,1-6H3/t31-,35-/m1/s1. The van der Waals surface area contributed by atoms with Crippen LogP contribution in [0.3, 0.4) is 0 Å². The van der Waals surface area contributed by atoms with E-state index >= 15 is 0 Å². The van der Waals surface area contributed by atoms with Crippen LogP contribution in [0.15, 0.2) is 54.6 Å². The molecule has 0 saturated carbocycles. The largest absolute Gasteiger partial charge is 0.497 e. The fourth-order valence-electron chi connectivity index (χ4n) is 5.78. The van der Waals surface area contributed by atoms with Crippen molar-refractivity contribution >= 4 is 60.4 Å². The number of nitrogens with zero attached hydrogens (tertiary/aromatic N) is 2. The molecule has 0 radical (unpaired) electrons. The second kappa shape index (κ2) is 13.6. The highest BCUT2D eigenvalue weighted by atomic mass is 35.5. The molecule has 0 aromatic heterocycles. The Hall–Kier alpha value is -2.46. The SMILES string of the molecule is COc1ccc(CN2C(=O)CCc3c(OC[C@]4(O)CCN(c5ccc(Cl)cc5Cl)C[C@H]4O[Si](C)(C)C(C)(C)C)ccc(Cl)c32)cc1. The van der Waals surface area contributed by atoms with E-state index < -0.39 is 20.0 Å². The van der Waals surface area contributed by atoms with Gasteiger partial charge in [-0.15, -0.1) is 0 Å². The number of rotatable bonds is 9. The minimum atomic E-state index is -2.30. The molecule has 2 aliphatic heterocycles. The number of anilines is 2. The number of aliphatic hydroxyl groups is 1. The van der Waals surface area contributed by atoms with E-state index in [2.05, 4.69) is 38.8 Å². The van der Waals surface area contributed by atoms with E-state index in [9.17, 15) is 9.90 Å². The predicted octanol–water partition coefficient (Wildman–Crippen LogP) is 8.55. The van der Waals surface area contributed by atoms with Crippen LogP contribution in [-0.2, 0) is 22.2 Å². The van der Waals surface area contributed by atoms with Crippen molar-refractivity contribution in [3.8, 4) is 11.5 Å². The maximum Gasteiger partial charge on any atom is 0.227 e. The average Bonchev–Trinajstić information content (AvgIpc) is 2.99. The summed E-state index contributed by atoms with van der Waals surface area (Å²) in [5.74, 6) is 1.35. The summed E-state index contributed by atoms with van der Waals surface area (Å²) in [5.41, 5.74) is 2.05. The van der Waals surface area contributed by atoms with Crippen LogP contribution >= 0.6 is 34.8 Å². The topological polar surface area (TPSA) is 71.5 Å². The first-order valence-corrected chi connectivity index (χ1v) is 19.6. The molecule has 1 amide bonds. The predicted molar refractivity (Wildman–Crippen MR) is 190 cm³/mol. The summed E-state index contributed by atoms with van der Waals surface area (Å²) in [5, 5.41) is 13.8. The monoisotopic (exact) mass is 704 g/mol. The summed E-state index contributed by atoms with van der Waals surface area (Å²) in [7, 11) is -0.677. The number of benzene rings is 3. The molecule has 11 heteroatoms. The zero-order chi connectivity index (χ0) is 33.4. The van der Waals surface area contributed by atoms with Gasteiger partial charge in [0.1, 0.15) is 23.7 Å². The van der Waals surface area contributed by atoms with E-state index in [0.717, 1.165) is 22.6 Å². The third-order valence-corrected chi connectivity index (χ3v) is 15.0. The third kappa shape index (κ3) is 7.32. The van der Waals surface area contributed by atoms with Crippen LogP contribution in [-0.4, -0.2) is 57.8 Å². The minimum Gasteiger partial charge on any atom is -0.497 e. The maximum atomic E-state index is 13.2. The summed E-state index contributed by atoms with van der Waals surface area (Å²) in [6, 6.07) is 16.7. The van der Waals surface area contributed by atoms with Gasteiger partial charge in [0.2, 0.25) is 5.91 Å². The highest BCUT2D eigenvalue weighted by Crippen LogP contribution is 2.44. The number of halogens is 3. The Kier molecular flexibility index (Phi) is 10.3. The molecule has 0 aliphatic carbocycles. The molecule has 248 valence electrons. The summed E-state index contributed by atoms with van der Waals surface area (Å²) >= 11 is 19.5. The first-order chi connectivity index (χ1) is 21.6. The van der Waals surface area contributed by atoms with Crippen molar-refractivity contribution in [3.05, 3.63) is 80.8 Å². The Morgan fingerprint density at radius 3 is 2.37 bits per heavy atom. The second-order valence-electron chi connectivity index (χ2n) is 13.8. The molecule has 7 nitrogen and oxygen atoms in total. The van der Waals surface area contributed by atoms with Crippen molar-refractivity contribution in [1.82, 2.24) is 0 Å². The highest BCUT2D eigenvalue weighted by molar-refractivity contribution is 6.74. The van der Waals surface area contributed by atoms with Crippen LogP contribution in [0.4, 0.5) is 11.4 Å². The zero-order valence-corrected chi connectivity index (χ0v) is 30.6. The van der Waals surface area contributed by atoms with Gasteiger partial charge in [-0.05, 0) is 79.0 Å². The zero-order valence-electron chi connectivity index (χ0n) is 27.3. The van der Waals surface area contributed by atoms with Crippen LogP contribution < -0.4 is 19.3 Å². The summed E-state index contributed by atoms with van der Waals surface area (Å²) in [6.07, 6.45) is 0.695. The van der Waals surface area contributed by atoms with Gasteiger partial charge in [0.25, 0.3) is 0 Å². The van der Waals surface area contributed by atoms with E-state index in [0.29, 0.717) is 65.4 Å². The number of amides is 1. The molecule has 1 fully saturated rings. The van der Waals surface area contributed by atoms with Gasteiger partial charge < -0.3 is 28.8 Å². The number of hydrogen-bond donors (Lipinski definition) is 1. The molecular weight excluding hydrogens is 663 g/mol. The maximum absolute atomic E-state index is 13.2. The molecule has 0 spiro atoms. The van der Waals surface area contributed by atoms with Gasteiger partial charge in [0.15, 0.2) is 8.32 Å². The molecule has 5 rings (SSSR count). The molecule has 2 aliphatic rings. The molecule has 46 heavy (non-hydrogen) atoms. The molecule has 2 heterocycles. The van der Waals surface area contributed by atoms with Gasteiger partial charge in [-0.1, -0.05) is 67.7 Å². The van der Waals surface area contributed by atoms with Crippen LogP contribution in [0.25, 0.3) is 0 Å². The second-order valence-corrected chi connectivity index (χ2v) is 19.8. The molecule has 1 N–H and O–H groups in total. The van der Waals surface area contributed by atoms with Crippen LogP contribution in [0.5, 0.6) is 11.5 Å². The lowest BCUT2D eigenvalue weighted by atomic mass is 9.89. The fraction of sp³-hybridized carbons (Fsp3) is 0.457. The average molecular weight is 706 g/mol. The van der Waals surface area contributed by atoms with Crippen molar-refractivity contribution in [3.63, 3.8) is 0 Å². The van der Waals surface area contributed by atoms with E-state index in [-0.39, 0.29) is 17.6 Å². The van der Waals surface area contributed by atoms with Gasteiger partial charge in [0, 0.05) is 30.1 Å². The molecule has 3 aromatic carbocycles. The normalized spacial score (nSPS) is 20.5. The summed E-state index contributed by atoms with van der Waals surface area (Å²) in [6.45, 7) is 12.3. The van der Waals surface area contributed by atoms with Gasteiger partial charge in [0.05, 0.1) is 41.2 Å². The molecule has 1 saturated heterocycles. The van der Waals surface area contributed by atoms with Crippen molar-refractivity contribution in [1.29, 1.82) is 0 Å². The highest BCUT2D eigenvalue weighted by Gasteiger charge is 2.49. The van der Waals surface area contributed by atoms with Crippen LogP contribution in [0, 0.1) is 0 Å². The van der Waals surface area contributed by atoms with E-state index in [1.54, 1.807) is 24.1 Å². The number of fused-ring (bicyclic) bond motifs is 1. The Morgan fingerprint density at radius 1 is 1.00 bits per heavy atom. The van der Waals surface area contributed by atoms with E-state index in [1.165, 1.54) is 0 Å². The number of ether oxygens (including phenoxy) is 2. The Morgan fingerprint density at radius 2 is 1.72 bits per heavy atom. The van der Waals surface area contributed by atoms with E-state index in [4.69, 9.17) is 48.7 Å².